The summed E-state index contributed by atoms with van der Waals surface area (Å²) in [5.74, 6) is -0.290. The van der Waals surface area contributed by atoms with Crippen LogP contribution in [0.3, 0.4) is 0 Å². The summed E-state index contributed by atoms with van der Waals surface area (Å²) >= 11 is 0. The average Bonchev–Trinajstić information content (AvgIpc) is 3.05. The van der Waals surface area contributed by atoms with Crippen LogP contribution in [-0.4, -0.2) is 25.7 Å². The highest BCUT2D eigenvalue weighted by atomic mass is 19.4. The van der Waals surface area contributed by atoms with Gasteiger partial charge in [0.2, 0.25) is 0 Å². The Morgan fingerprint density at radius 3 is 2.50 bits per heavy atom. The molecule has 1 atom stereocenters. The Bertz CT molecular complexity index is 1010. The summed E-state index contributed by atoms with van der Waals surface area (Å²) in [5.41, 5.74) is 5.47. The molecule has 2 heterocycles. The molecule has 0 unspecified atom stereocenters. The quantitative estimate of drug-likeness (QED) is 0.725. The van der Waals surface area contributed by atoms with Crippen LogP contribution in [0, 0.1) is 0 Å². The normalized spacial score (nSPS) is 12.8. The third-order valence-corrected chi connectivity index (χ3v) is 4.49. The second-order valence-electron chi connectivity index (χ2n) is 6.51. The van der Waals surface area contributed by atoms with Crippen molar-refractivity contribution < 1.29 is 18.0 Å². The van der Waals surface area contributed by atoms with E-state index in [4.69, 9.17) is 5.73 Å². The van der Waals surface area contributed by atoms with Crippen molar-refractivity contribution in [2.45, 2.75) is 25.4 Å². The molecule has 0 bridgehead atoms. The van der Waals surface area contributed by atoms with Crippen molar-refractivity contribution in [3.63, 3.8) is 0 Å². The van der Waals surface area contributed by atoms with E-state index in [1.54, 1.807) is 23.0 Å². The molecule has 1 amide bonds. The molecule has 146 valence electrons. The summed E-state index contributed by atoms with van der Waals surface area (Å²) < 4.78 is 40.8. The van der Waals surface area contributed by atoms with Gasteiger partial charge in [-0.25, -0.2) is 4.98 Å². The zero-order valence-corrected chi connectivity index (χ0v) is 15.2. The van der Waals surface area contributed by atoms with E-state index in [9.17, 15) is 18.0 Å². The maximum atomic E-state index is 13.0. The summed E-state index contributed by atoms with van der Waals surface area (Å²) in [5, 5.41) is 7.92. The van der Waals surface area contributed by atoms with E-state index in [1.165, 1.54) is 6.07 Å². The van der Waals surface area contributed by atoms with Crippen LogP contribution < -0.4 is 5.73 Å². The number of aryl methyl sites for hydroxylation is 1. The van der Waals surface area contributed by atoms with E-state index in [-0.39, 0.29) is 11.5 Å². The van der Waals surface area contributed by atoms with Crippen LogP contribution in [0.25, 0.3) is 11.1 Å². The van der Waals surface area contributed by atoms with E-state index in [0.717, 1.165) is 17.5 Å². The van der Waals surface area contributed by atoms with Crippen molar-refractivity contribution in [1.82, 2.24) is 19.7 Å². The molecule has 0 aliphatic carbocycles. The zero-order chi connectivity index (χ0) is 20.5. The first-order valence-corrected chi connectivity index (χ1v) is 8.48. The SMILES string of the molecule is C[C@H](Cc1nncn1C)c1ccccc1-c1ccc(C(F)(F)F)nc1C(N)=O. The van der Waals surface area contributed by atoms with Crippen LogP contribution in [0.15, 0.2) is 42.7 Å². The molecule has 0 radical (unpaired) electrons. The van der Waals surface area contributed by atoms with Crippen molar-refractivity contribution in [2.24, 2.45) is 12.8 Å². The Hall–Kier alpha value is -3.23. The molecule has 2 aromatic heterocycles. The second kappa shape index (κ2) is 7.41. The number of carbonyl (C=O) groups excluding carboxylic acids is 1. The second-order valence-corrected chi connectivity index (χ2v) is 6.51. The van der Waals surface area contributed by atoms with Crippen LogP contribution in [0.5, 0.6) is 0 Å². The van der Waals surface area contributed by atoms with Gasteiger partial charge in [0.05, 0.1) is 0 Å². The lowest BCUT2D eigenvalue weighted by Gasteiger charge is -2.18. The van der Waals surface area contributed by atoms with E-state index in [1.807, 2.05) is 26.1 Å². The molecule has 0 saturated carbocycles. The highest BCUT2D eigenvalue weighted by Crippen LogP contribution is 2.35. The molecule has 6 nitrogen and oxygen atoms in total. The minimum atomic E-state index is -4.67. The van der Waals surface area contributed by atoms with Gasteiger partial charge in [-0.2, -0.15) is 13.2 Å². The van der Waals surface area contributed by atoms with E-state index < -0.39 is 23.5 Å². The molecule has 9 heteroatoms. The van der Waals surface area contributed by atoms with E-state index in [0.29, 0.717) is 12.0 Å². The van der Waals surface area contributed by atoms with E-state index >= 15 is 0 Å². The standard InChI is InChI=1S/C19H18F3N5O/c1-11(9-16-26-24-10-27(16)2)12-5-3-4-6-13(12)14-7-8-15(19(20,21)22)25-17(14)18(23)28/h3-8,10-11H,9H2,1-2H3,(H2,23,28)/t11-/m1/s1. The number of halogens is 3. The van der Waals surface area contributed by atoms with Crippen molar-refractivity contribution in [3.05, 3.63) is 65.5 Å². The molecule has 0 fully saturated rings. The van der Waals surface area contributed by atoms with Gasteiger partial charge < -0.3 is 10.3 Å². The fourth-order valence-corrected chi connectivity index (χ4v) is 3.07. The van der Waals surface area contributed by atoms with Gasteiger partial charge in [0.1, 0.15) is 23.5 Å². The van der Waals surface area contributed by atoms with Crippen molar-refractivity contribution in [1.29, 1.82) is 0 Å². The summed E-state index contributed by atoms with van der Waals surface area (Å²) in [6.45, 7) is 1.97. The van der Waals surface area contributed by atoms with E-state index in [2.05, 4.69) is 15.2 Å². The molecule has 1 aromatic carbocycles. The number of benzene rings is 1. The number of carbonyl (C=O) groups is 1. The Morgan fingerprint density at radius 1 is 1.18 bits per heavy atom. The largest absolute Gasteiger partial charge is 0.433 e. The monoisotopic (exact) mass is 389 g/mol. The van der Waals surface area contributed by atoms with Crippen molar-refractivity contribution in [2.75, 3.05) is 0 Å². The first kappa shape index (κ1) is 19.5. The number of hydrogen-bond acceptors (Lipinski definition) is 4. The number of pyridine rings is 1. The maximum absolute atomic E-state index is 13.0. The number of primary amides is 1. The van der Waals surface area contributed by atoms with Crippen LogP contribution in [-0.2, 0) is 19.6 Å². The molecule has 3 aromatic rings. The van der Waals surface area contributed by atoms with Gasteiger partial charge in [0, 0.05) is 19.0 Å². The van der Waals surface area contributed by atoms with Gasteiger partial charge in [-0.15, -0.1) is 10.2 Å². The predicted molar refractivity (Wildman–Crippen MR) is 96.3 cm³/mol. The van der Waals surface area contributed by atoms with Crippen LogP contribution in [0.4, 0.5) is 13.2 Å². The molecule has 28 heavy (non-hydrogen) atoms. The topological polar surface area (TPSA) is 86.7 Å². The Kier molecular flexibility index (Phi) is 5.17. The van der Waals surface area contributed by atoms with Crippen LogP contribution in [0.1, 0.15) is 40.4 Å². The number of hydrogen-bond donors (Lipinski definition) is 1. The summed E-state index contributed by atoms with van der Waals surface area (Å²) in [4.78, 5) is 15.3. The predicted octanol–water partition coefficient (Wildman–Crippen LogP) is 3.34. The molecule has 3 rings (SSSR count). The zero-order valence-electron chi connectivity index (χ0n) is 15.2. The lowest BCUT2D eigenvalue weighted by atomic mass is 9.88. The van der Waals surface area contributed by atoms with Crippen LogP contribution >= 0.6 is 0 Å². The first-order chi connectivity index (χ1) is 13.2. The maximum Gasteiger partial charge on any atom is 0.433 e. The number of alkyl halides is 3. The minimum Gasteiger partial charge on any atom is -0.364 e. The lowest BCUT2D eigenvalue weighted by molar-refractivity contribution is -0.141. The minimum absolute atomic E-state index is 0.0397. The molecular formula is C19H18F3N5O. The number of amides is 1. The lowest BCUT2D eigenvalue weighted by Crippen LogP contribution is -2.19. The molecule has 0 spiro atoms. The highest BCUT2D eigenvalue weighted by molar-refractivity contribution is 5.98. The molecule has 2 N–H and O–H groups in total. The molecule has 0 aliphatic heterocycles. The molecular weight excluding hydrogens is 371 g/mol. The van der Waals surface area contributed by atoms with Crippen molar-refractivity contribution in [3.8, 4) is 11.1 Å². The molecule has 0 saturated heterocycles. The summed E-state index contributed by atoms with van der Waals surface area (Å²) in [6.07, 6.45) is -2.51. The Balaban J connectivity index is 2.07. The summed E-state index contributed by atoms with van der Waals surface area (Å²) in [6, 6.07) is 9.26. The van der Waals surface area contributed by atoms with Gasteiger partial charge in [-0.05, 0) is 29.2 Å². The molecule has 0 aliphatic rings. The third-order valence-electron chi connectivity index (χ3n) is 4.49. The Morgan fingerprint density at radius 2 is 1.89 bits per heavy atom. The van der Waals surface area contributed by atoms with Gasteiger partial charge in [-0.1, -0.05) is 31.2 Å². The number of nitrogens with two attached hydrogens (primary N) is 1. The number of nitrogens with zero attached hydrogens (tertiary/aromatic N) is 4. The van der Waals surface area contributed by atoms with Crippen LogP contribution in [0.2, 0.25) is 0 Å². The third kappa shape index (κ3) is 3.88. The van der Waals surface area contributed by atoms with Gasteiger partial charge in [0.15, 0.2) is 0 Å². The van der Waals surface area contributed by atoms with Gasteiger partial charge in [0.25, 0.3) is 5.91 Å². The number of aromatic nitrogens is 4. The Labute approximate surface area is 159 Å². The first-order valence-electron chi connectivity index (χ1n) is 8.48. The smallest absolute Gasteiger partial charge is 0.364 e. The van der Waals surface area contributed by atoms with Gasteiger partial charge in [-0.3, -0.25) is 4.79 Å². The van der Waals surface area contributed by atoms with Crippen molar-refractivity contribution >= 4 is 5.91 Å². The fraction of sp³-hybridized carbons (Fsp3) is 0.263. The number of rotatable bonds is 5. The highest BCUT2D eigenvalue weighted by Gasteiger charge is 2.34. The van der Waals surface area contributed by atoms with Gasteiger partial charge >= 0.3 is 6.18 Å². The fourth-order valence-electron chi connectivity index (χ4n) is 3.07. The average molecular weight is 389 g/mol. The summed E-state index contributed by atoms with van der Waals surface area (Å²) in [7, 11) is 1.83.